The molecule has 9 nitrogen and oxygen atoms in total. The van der Waals surface area contributed by atoms with Crippen LogP contribution < -0.4 is 10.6 Å². The average Bonchev–Trinajstić information content (AvgIpc) is 3.22. The first-order chi connectivity index (χ1) is 13.1. The molecule has 2 aliphatic rings. The van der Waals surface area contributed by atoms with E-state index >= 15 is 0 Å². The summed E-state index contributed by atoms with van der Waals surface area (Å²) in [6, 6.07) is 8.79. The van der Waals surface area contributed by atoms with Crippen LogP contribution in [0.1, 0.15) is 22.1 Å². The Hall–Kier alpha value is -3.46. The van der Waals surface area contributed by atoms with Gasteiger partial charge in [0.15, 0.2) is 12.3 Å². The van der Waals surface area contributed by atoms with E-state index in [0.717, 1.165) is 0 Å². The van der Waals surface area contributed by atoms with Crippen LogP contribution in [0.15, 0.2) is 42.6 Å². The minimum absolute atomic E-state index is 0.0387. The Kier molecular flexibility index (Phi) is 4.21. The molecule has 9 heteroatoms. The lowest BCUT2D eigenvalue weighted by atomic mass is 10.1. The van der Waals surface area contributed by atoms with E-state index < -0.39 is 24.3 Å². The smallest absolute Gasteiger partial charge is 0.331 e. The van der Waals surface area contributed by atoms with E-state index in [2.05, 4.69) is 15.6 Å². The zero-order valence-corrected chi connectivity index (χ0v) is 14.3. The number of fused-ring (bicyclic) bond motifs is 3. The molecular weight excluding hydrogens is 352 g/mol. The number of esters is 1. The summed E-state index contributed by atoms with van der Waals surface area (Å²) in [6.07, 6.45) is 0.814. The number of carbonyl (C=O) groups is 3. The molecule has 27 heavy (non-hydrogen) atoms. The van der Waals surface area contributed by atoms with E-state index in [1.165, 1.54) is 12.0 Å². The number of urea groups is 1. The van der Waals surface area contributed by atoms with Gasteiger partial charge in [0.1, 0.15) is 5.82 Å². The molecule has 1 saturated heterocycles. The third kappa shape index (κ3) is 2.87. The number of anilines is 2. The predicted molar refractivity (Wildman–Crippen MR) is 94.0 cm³/mol. The fourth-order valence-electron chi connectivity index (χ4n) is 3.27. The molecule has 1 aromatic heterocycles. The molecule has 138 valence electrons. The number of methoxy groups -OCH3 is 1. The zero-order chi connectivity index (χ0) is 19.0. The molecule has 2 aromatic rings. The largest absolute Gasteiger partial charge is 0.467 e. The first kappa shape index (κ1) is 17.0. The number of rotatable bonds is 3. The molecular formula is C18H16N4O5. The van der Waals surface area contributed by atoms with E-state index in [9.17, 15) is 14.4 Å². The molecule has 2 aliphatic heterocycles. The Morgan fingerprint density at radius 2 is 2.07 bits per heavy atom. The van der Waals surface area contributed by atoms with Crippen LogP contribution in [0.3, 0.4) is 0 Å². The van der Waals surface area contributed by atoms with Gasteiger partial charge < -0.3 is 14.8 Å². The summed E-state index contributed by atoms with van der Waals surface area (Å²) in [5.74, 6) is -0.485. The molecule has 0 bridgehead atoms. The number of hydrogen-bond acceptors (Lipinski definition) is 6. The molecule has 0 spiro atoms. The second-order valence-electron chi connectivity index (χ2n) is 6.00. The Bertz CT molecular complexity index is 917. The topological polar surface area (TPSA) is 110 Å². The van der Waals surface area contributed by atoms with Gasteiger partial charge in [-0.05, 0) is 24.3 Å². The molecule has 0 radical (unpaired) electrons. The summed E-state index contributed by atoms with van der Waals surface area (Å²) < 4.78 is 10.4. The van der Waals surface area contributed by atoms with Gasteiger partial charge >= 0.3 is 12.0 Å². The van der Waals surface area contributed by atoms with E-state index in [4.69, 9.17) is 9.47 Å². The van der Waals surface area contributed by atoms with Crippen molar-refractivity contribution in [2.24, 2.45) is 0 Å². The average molecular weight is 368 g/mol. The van der Waals surface area contributed by atoms with Gasteiger partial charge in [0.05, 0.1) is 19.4 Å². The number of nitrogens with one attached hydrogen (secondary N) is 2. The quantitative estimate of drug-likeness (QED) is 0.799. The lowest BCUT2D eigenvalue weighted by Gasteiger charge is -2.20. The van der Waals surface area contributed by atoms with Crippen LogP contribution in [0.4, 0.5) is 16.3 Å². The highest BCUT2D eigenvalue weighted by Gasteiger charge is 2.50. The van der Waals surface area contributed by atoms with Crippen molar-refractivity contribution in [2.45, 2.75) is 12.3 Å². The highest BCUT2D eigenvalue weighted by atomic mass is 16.5. The van der Waals surface area contributed by atoms with Crippen LogP contribution in [-0.4, -0.2) is 47.6 Å². The van der Waals surface area contributed by atoms with Crippen molar-refractivity contribution in [2.75, 3.05) is 24.4 Å². The minimum atomic E-state index is -0.810. The molecule has 2 N–H and O–H groups in total. The molecule has 0 saturated carbocycles. The van der Waals surface area contributed by atoms with E-state index in [1.54, 1.807) is 42.6 Å². The Labute approximate surface area is 154 Å². The van der Waals surface area contributed by atoms with Crippen LogP contribution in [0.5, 0.6) is 0 Å². The first-order valence-corrected chi connectivity index (χ1v) is 8.24. The number of ether oxygens (including phenoxy) is 2. The van der Waals surface area contributed by atoms with Gasteiger partial charge in [-0.3, -0.25) is 15.0 Å². The van der Waals surface area contributed by atoms with E-state index in [1.807, 2.05) is 0 Å². The van der Waals surface area contributed by atoms with Crippen molar-refractivity contribution in [3.8, 4) is 0 Å². The summed E-state index contributed by atoms with van der Waals surface area (Å²) >= 11 is 0. The van der Waals surface area contributed by atoms with Gasteiger partial charge in [0.2, 0.25) is 0 Å². The van der Waals surface area contributed by atoms with Gasteiger partial charge in [-0.25, -0.2) is 14.6 Å². The normalized spacial score (nSPS) is 20.0. The molecule has 4 rings (SSSR count). The highest BCUT2D eigenvalue weighted by molar-refractivity contribution is 6.06. The van der Waals surface area contributed by atoms with E-state index in [-0.39, 0.29) is 12.5 Å². The number of pyridine rings is 1. The third-order valence-electron chi connectivity index (χ3n) is 4.45. The number of carbonyl (C=O) groups excluding carboxylic acids is 3. The number of hydrogen-bond donors (Lipinski definition) is 2. The SMILES string of the molecule is COC(=O)[C@H]1COC2c3c(NC(=O)Nc4ccccn4)cccc3C(=O)N21. The van der Waals surface area contributed by atoms with Crippen molar-refractivity contribution in [1.29, 1.82) is 0 Å². The lowest BCUT2D eigenvalue weighted by molar-refractivity contribution is -0.144. The van der Waals surface area contributed by atoms with Crippen molar-refractivity contribution >= 4 is 29.4 Å². The number of amides is 3. The van der Waals surface area contributed by atoms with Crippen LogP contribution >= 0.6 is 0 Å². The summed E-state index contributed by atoms with van der Waals surface area (Å²) in [5, 5.41) is 5.33. The van der Waals surface area contributed by atoms with Gasteiger partial charge in [-0.15, -0.1) is 0 Å². The number of aromatic nitrogens is 1. The second kappa shape index (κ2) is 6.69. The molecule has 3 heterocycles. The van der Waals surface area contributed by atoms with Crippen LogP contribution in [0.2, 0.25) is 0 Å². The van der Waals surface area contributed by atoms with Crippen LogP contribution in [0.25, 0.3) is 0 Å². The van der Waals surface area contributed by atoms with E-state index in [0.29, 0.717) is 22.6 Å². The summed E-state index contributed by atoms with van der Waals surface area (Å²) in [7, 11) is 1.26. The lowest BCUT2D eigenvalue weighted by Crippen LogP contribution is -2.40. The van der Waals surface area contributed by atoms with Gasteiger partial charge in [-0.2, -0.15) is 0 Å². The maximum Gasteiger partial charge on any atom is 0.331 e. The van der Waals surface area contributed by atoms with Crippen molar-refractivity contribution in [3.05, 3.63) is 53.7 Å². The zero-order valence-electron chi connectivity index (χ0n) is 14.3. The van der Waals surface area contributed by atoms with Crippen LogP contribution in [-0.2, 0) is 14.3 Å². The minimum Gasteiger partial charge on any atom is -0.467 e. The highest BCUT2D eigenvalue weighted by Crippen LogP contribution is 2.44. The molecule has 0 aliphatic carbocycles. The molecule has 1 fully saturated rings. The summed E-state index contributed by atoms with van der Waals surface area (Å²) in [5.41, 5.74) is 1.32. The number of nitrogens with zero attached hydrogens (tertiary/aromatic N) is 2. The molecule has 1 aromatic carbocycles. The van der Waals surface area contributed by atoms with Crippen molar-refractivity contribution in [1.82, 2.24) is 9.88 Å². The van der Waals surface area contributed by atoms with Gasteiger partial charge in [0.25, 0.3) is 5.91 Å². The summed E-state index contributed by atoms with van der Waals surface area (Å²) in [4.78, 5) is 42.3. The fraction of sp³-hybridized carbons (Fsp3) is 0.222. The first-order valence-electron chi connectivity index (χ1n) is 8.24. The third-order valence-corrected chi connectivity index (χ3v) is 4.45. The van der Waals surface area contributed by atoms with Crippen molar-refractivity contribution in [3.63, 3.8) is 0 Å². The Morgan fingerprint density at radius 1 is 1.22 bits per heavy atom. The Balaban J connectivity index is 1.59. The second-order valence-corrected chi connectivity index (χ2v) is 6.00. The summed E-state index contributed by atoms with van der Waals surface area (Å²) in [6.45, 7) is 0.0387. The van der Waals surface area contributed by atoms with Crippen molar-refractivity contribution < 1.29 is 23.9 Å². The fourth-order valence-corrected chi connectivity index (χ4v) is 3.27. The van der Waals surface area contributed by atoms with Gasteiger partial charge in [0, 0.05) is 17.3 Å². The van der Waals surface area contributed by atoms with Gasteiger partial charge in [-0.1, -0.05) is 12.1 Å². The predicted octanol–water partition coefficient (Wildman–Crippen LogP) is 1.75. The maximum atomic E-state index is 12.7. The standard InChI is InChI=1S/C18H16N4O5/c1-26-17(24)12-9-27-16-14-10(15(23)22(12)16)5-4-6-11(14)20-18(25)21-13-7-2-3-8-19-13/h2-8,12,16H,9H2,1H3,(H2,19,20,21,25)/t12-,16?/m1/s1. The number of benzene rings is 1. The Morgan fingerprint density at radius 3 is 2.81 bits per heavy atom. The maximum absolute atomic E-state index is 12.7. The molecule has 3 amide bonds. The molecule has 2 atom stereocenters. The molecule has 1 unspecified atom stereocenters. The monoisotopic (exact) mass is 368 g/mol. The van der Waals surface area contributed by atoms with Crippen LogP contribution in [0, 0.1) is 0 Å².